The quantitative estimate of drug-likeness (QED) is 0.205. The summed E-state index contributed by atoms with van der Waals surface area (Å²) in [5.41, 5.74) is 18.2. The average Bonchev–Trinajstić information content (AvgIpc) is 3.25. The maximum atomic E-state index is 11.8. The maximum absolute atomic E-state index is 11.8. The molecule has 0 aromatic heterocycles. The lowest BCUT2D eigenvalue weighted by Crippen LogP contribution is -2.32. The molecule has 4 aromatic carbocycles. The SMILES string of the molecule is NC(=O)N1c2ccccc2C=Cc2ccccc21.NC(=O)N1c2ccccc2C=Cc2ccccc21.OCC(F)(F)F. The van der Waals surface area contributed by atoms with Gasteiger partial charge in [0.2, 0.25) is 0 Å². The molecule has 214 valence electrons. The van der Waals surface area contributed by atoms with Crippen LogP contribution < -0.4 is 21.3 Å². The fraction of sp³-hybridized carbons (Fsp3) is 0.0625. The van der Waals surface area contributed by atoms with E-state index >= 15 is 0 Å². The third-order valence-electron chi connectivity index (χ3n) is 6.22. The summed E-state index contributed by atoms with van der Waals surface area (Å²) in [6.07, 6.45) is 3.59. The molecule has 0 bridgehead atoms. The van der Waals surface area contributed by atoms with Crippen LogP contribution in [0.2, 0.25) is 0 Å². The van der Waals surface area contributed by atoms with Crippen LogP contribution in [0.1, 0.15) is 22.3 Å². The van der Waals surface area contributed by atoms with Crippen LogP contribution in [0.4, 0.5) is 45.5 Å². The molecule has 2 aliphatic heterocycles. The van der Waals surface area contributed by atoms with Crippen molar-refractivity contribution in [3.8, 4) is 0 Å². The van der Waals surface area contributed by atoms with Crippen LogP contribution in [0.5, 0.6) is 0 Å². The number of rotatable bonds is 0. The first kappa shape index (κ1) is 29.6. The van der Waals surface area contributed by atoms with Crippen LogP contribution >= 0.6 is 0 Å². The molecule has 0 spiro atoms. The van der Waals surface area contributed by atoms with Gasteiger partial charge < -0.3 is 16.6 Å². The molecule has 7 nitrogen and oxygen atoms in total. The van der Waals surface area contributed by atoms with Gasteiger partial charge in [-0.15, -0.1) is 0 Å². The van der Waals surface area contributed by atoms with Crippen LogP contribution in [0.3, 0.4) is 0 Å². The van der Waals surface area contributed by atoms with Gasteiger partial charge in [-0.1, -0.05) is 97.1 Å². The molecule has 0 radical (unpaired) electrons. The van der Waals surface area contributed by atoms with E-state index in [9.17, 15) is 22.8 Å². The van der Waals surface area contributed by atoms with Crippen molar-refractivity contribution in [3.05, 3.63) is 119 Å². The summed E-state index contributed by atoms with van der Waals surface area (Å²) < 4.78 is 31.6. The molecule has 0 aliphatic carbocycles. The second-order valence-corrected chi connectivity index (χ2v) is 9.02. The Bertz CT molecular complexity index is 1440. The van der Waals surface area contributed by atoms with Gasteiger partial charge in [-0.3, -0.25) is 9.80 Å². The zero-order valence-corrected chi connectivity index (χ0v) is 22.2. The molecule has 0 saturated carbocycles. The Morgan fingerprint density at radius 1 is 0.548 bits per heavy atom. The van der Waals surface area contributed by atoms with Gasteiger partial charge in [0.05, 0.1) is 22.7 Å². The van der Waals surface area contributed by atoms with E-state index in [2.05, 4.69) is 0 Å². The first-order chi connectivity index (χ1) is 20.1. The van der Waals surface area contributed by atoms with Gasteiger partial charge in [0.25, 0.3) is 0 Å². The van der Waals surface area contributed by atoms with E-state index in [-0.39, 0.29) is 0 Å². The van der Waals surface area contributed by atoms with Crippen molar-refractivity contribution in [2.45, 2.75) is 6.18 Å². The number of hydrogen-bond acceptors (Lipinski definition) is 3. The number of anilines is 4. The molecule has 4 aromatic rings. The molecule has 0 saturated heterocycles. The van der Waals surface area contributed by atoms with E-state index in [0.717, 1.165) is 45.0 Å². The zero-order chi connectivity index (χ0) is 30.3. The Morgan fingerprint density at radius 3 is 0.952 bits per heavy atom. The normalized spacial score (nSPS) is 12.5. The second kappa shape index (κ2) is 12.9. The van der Waals surface area contributed by atoms with Gasteiger partial charge in [-0.05, 0) is 46.5 Å². The number of urea groups is 2. The third-order valence-corrected chi connectivity index (χ3v) is 6.22. The van der Waals surface area contributed by atoms with Crippen molar-refractivity contribution in [3.63, 3.8) is 0 Å². The summed E-state index contributed by atoms with van der Waals surface area (Å²) in [5.74, 6) is 0. The molecule has 0 unspecified atom stereocenters. The molecule has 10 heteroatoms. The number of halogens is 3. The van der Waals surface area contributed by atoms with Crippen LogP contribution in [-0.2, 0) is 0 Å². The highest BCUT2D eigenvalue weighted by atomic mass is 19.4. The lowest BCUT2D eigenvalue weighted by molar-refractivity contribution is -0.159. The number of aliphatic hydroxyl groups excluding tert-OH is 1. The lowest BCUT2D eigenvalue weighted by Gasteiger charge is -2.22. The Labute approximate surface area is 240 Å². The largest absolute Gasteiger partial charge is 0.411 e. The molecule has 2 aliphatic rings. The number of benzene rings is 4. The molecule has 6 rings (SSSR count). The van der Waals surface area contributed by atoms with Gasteiger partial charge in [0, 0.05) is 0 Å². The third kappa shape index (κ3) is 6.86. The fourth-order valence-electron chi connectivity index (χ4n) is 4.42. The molecule has 2 heterocycles. The minimum absolute atomic E-state index is 0.474. The zero-order valence-electron chi connectivity index (χ0n) is 22.2. The molecule has 42 heavy (non-hydrogen) atoms. The van der Waals surface area contributed by atoms with Crippen LogP contribution in [0, 0.1) is 0 Å². The number of carbonyl (C=O) groups excluding carboxylic acids is 2. The Balaban J connectivity index is 0.000000162. The Morgan fingerprint density at radius 2 is 0.762 bits per heavy atom. The van der Waals surface area contributed by atoms with Crippen molar-refractivity contribution in [2.75, 3.05) is 16.4 Å². The number of alkyl halides is 3. The van der Waals surface area contributed by atoms with Crippen LogP contribution in [0.15, 0.2) is 97.1 Å². The number of nitrogens with two attached hydrogens (primary N) is 2. The molecular weight excluding hydrogens is 545 g/mol. The first-order valence-corrected chi connectivity index (χ1v) is 12.7. The number of carbonyl (C=O) groups is 2. The Hall–Kier alpha value is -5.35. The topological polar surface area (TPSA) is 113 Å². The number of primary amides is 2. The van der Waals surface area contributed by atoms with E-state index in [4.69, 9.17) is 16.6 Å². The highest BCUT2D eigenvalue weighted by molar-refractivity contribution is 6.05. The second-order valence-electron chi connectivity index (χ2n) is 9.02. The summed E-state index contributed by atoms with van der Waals surface area (Å²) in [7, 11) is 0. The number of hydrogen-bond donors (Lipinski definition) is 3. The van der Waals surface area contributed by atoms with Gasteiger partial charge in [-0.25, -0.2) is 9.59 Å². The summed E-state index contributed by atoms with van der Waals surface area (Å²) in [6, 6.07) is 29.9. The van der Waals surface area contributed by atoms with Crippen molar-refractivity contribution in [1.29, 1.82) is 0 Å². The first-order valence-electron chi connectivity index (χ1n) is 12.7. The predicted octanol–water partition coefficient (Wildman–Crippen LogP) is 7.32. The highest BCUT2D eigenvalue weighted by Crippen LogP contribution is 2.37. The van der Waals surface area contributed by atoms with E-state index in [1.165, 1.54) is 0 Å². The standard InChI is InChI=1S/2C15H12N2O.C2H3F3O/c2*16-15(18)17-13-7-3-1-5-11(13)9-10-12-6-2-4-8-14(12)17;3-2(4,5)1-6/h2*1-10H,(H2,16,18);6H,1H2. The van der Waals surface area contributed by atoms with Crippen LogP contribution in [-0.4, -0.2) is 30.0 Å². The molecule has 4 amide bonds. The van der Waals surface area contributed by atoms with Gasteiger partial charge >= 0.3 is 18.2 Å². The molecule has 0 fully saturated rings. The van der Waals surface area contributed by atoms with E-state index in [1.807, 2.05) is 121 Å². The number of aliphatic hydroxyl groups is 1. The Kier molecular flexibility index (Phi) is 9.08. The smallest absolute Gasteiger partial charge is 0.387 e. The van der Waals surface area contributed by atoms with Gasteiger partial charge in [-0.2, -0.15) is 13.2 Å². The summed E-state index contributed by atoms with van der Waals surface area (Å²) in [5, 5.41) is 7.28. The van der Waals surface area contributed by atoms with Gasteiger partial charge in [0.1, 0.15) is 6.61 Å². The molecule has 5 N–H and O–H groups in total. The maximum Gasteiger partial charge on any atom is 0.411 e. The highest BCUT2D eigenvalue weighted by Gasteiger charge is 2.25. The van der Waals surface area contributed by atoms with Crippen LogP contribution in [0.25, 0.3) is 24.3 Å². The minimum atomic E-state index is -4.40. The minimum Gasteiger partial charge on any atom is -0.387 e. The number of amides is 4. The van der Waals surface area contributed by atoms with E-state index < -0.39 is 24.8 Å². The summed E-state index contributed by atoms with van der Waals surface area (Å²) in [4.78, 5) is 26.6. The number of para-hydroxylation sites is 4. The lowest BCUT2D eigenvalue weighted by atomic mass is 10.1. The fourth-order valence-corrected chi connectivity index (χ4v) is 4.42. The van der Waals surface area contributed by atoms with Crippen molar-refractivity contribution < 1.29 is 27.9 Å². The molecule has 0 atom stereocenters. The van der Waals surface area contributed by atoms with E-state index in [1.54, 1.807) is 9.80 Å². The summed E-state index contributed by atoms with van der Waals surface area (Å²) >= 11 is 0. The monoisotopic (exact) mass is 572 g/mol. The summed E-state index contributed by atoms with van der Waals surface area (Å²) in [6.45, 7) is -1.73. The van der Waals surface area contributed by atoms with Gasteiger partial charge in [0.15, 0.2) is 0 Å². The average molecular weight is 573 g/mol. The van der Waals surface area contributed by atoms with E-state index in [0.29, 0.717) is 0 Å². The number of nitrogens with zero attached hydrogens (tertiary/aromatic N) is 2. The van der Waals surface area contributed by atoms with Crippen molar-refractivity contribution in [1.82, 2.24) is 0 Å². The number of fused-ring (bicyclic) bond motifs is 4. The molecular formula is C32H27F3N4O3. The van der Waals surface area contributed by atoms with Crippen molar-refractivity contribution >= 4 is 59.1 Å². The predicted molar refractivity (Wildman–Crippen MR) is 160 cm³/mol. The van der Waals surface area contributed by atoms with Crippen molar-refractivity contribution in [2.24, 2.45) is 11.5 Å².